The van der Waals surface area contributed by atoms with Gasteiger partial charge in [0.1, 0.15) is 11.5 Å². The van der Waals surface area contributed by atoms with Crippen LogP contribution >= 0.6 is 11.6 Å². The third kappa shape index (κ3) is 5.00. The van der Waals surface area contributed by atoms with Gasteiger partial charge in [-0.15, -0.1) is 0 Å². The van der Waals surface area contributed by atoms with Crippen molar-refractivity contribution in [1.82, 2.24) is 0 Å². The molecule has 0 spiro atoms. The van der Waals surface area contributed by atoms with Crippen LogP contribution in [0.25, 0.3) is 0 Å². The first-order valence-electron chi connectivity index (χ1n) is 6.01. The molecule has 0 aliphatic rings. The number of hydrogen-bond donors (Lipinski definition) is 1. The van der Waals surface area contributed by atoms with Crippen molar-refractivity contribution in [2.45, 2.75) is 19.8 Å². The minimum atomic E-state index is -0.801. The second-order valence-electron chi connectivity index (χ2n) is 3.93. The second kappa shape index (κ2) is 7.91. The third-order valence-electron chi connectivity index (χ3n) is 2.36. The second-order valence-corrected chi connectivity index (χ2v) is 4.34. The Morgan fingerprint density at radius 1 is 1.47 bits per heavy atom. The highest BCUT2D eigenvalue weighted by Crippen LogP contribution is 2.30. The topological polar surface area (TPSA) is 64.4 Å². The number of nitrogens with zero attached hydrogens (tertiary/aromatic N) is 1. The Bertz CT molecular complexity index is 443. The van der Waals surface area contributed by atoms with Gasteiger partial charge in [-0.3, -0.25) is 10.1 Å². The van der Waals surface area contributed by atoms with E-state index in [4.69, 9.17) is 16.3 Å². The fraction of sp³-hybridized carbons (Fsp3) is 0.500. The van der Waals surface area contributed by atoms with Gasteiger partial charge >= 0.3 is 0 Å². The number of hydrogen-bond acceptors (Lipinski definition) is 4. The quantitative estimate of drug-likeness (QED) is 0.451. The summed E-state index contributed by atoms with van der Waals surface area (Å²) in [6.45, 7) is 3.78. The number of ether oxygens (including phenoxy) is 1. The molecule has 19 heavy (non-hydrogen) atoms. The molecular weight excluding hydrogens is 275 g/mol. The van der Waals surface area contributed by atoms with Crippen LogP contribution in [0.2, 0.25) is 5.02 Å². The van der Waals surface area contributed by atoms with Crippen molar-refractivity contribution in [3.63, 3.8) is 0 Å². The van der Waals surface area contributed by atoms with Gasteiger partial charge in [0.05, 0.1) is 16.0 Å². The summed E-state index contributed by atoms with van der Waals surface area (Å²) in [5.41, 5.74) is -0.108. The number of nitrogens with one attached hydrogen (secondary N) is 1. The van der Waals surface area contributed by atoms with E-state index in [2.05, 4.69) is 5.32 Å². The van der Waals surface area contributed by atoms with Crippen LogP contribution in [0.1, 0.15) is 19.8 Å². The van der Waals surface area contributed by atoms with Crippen molar-refractivity contribution >= 4 is 23.0 Å². The minimum absolute atomic E-state index is 0.143. The van der Waals surface area contributed by atoms with Crippen molar-refractivity contribution in [3.8, 4) is 0 Å². The normalized spacial score (nSPS) is 10.5. The molecule has 0 saturated carbocycles. The molecule has 0 bridgehead atoms. The molecule has 0 atom stereocenters. The molecule has 0 heterocycles. The fourth-order valence-electron chi connectivity index (χ4n) is 1.47. The van der Waals surface area contributed by atoms with Crippen LogP contribution in [0.5, 0.6) is 0 Å². The highest BCUT2D eigenvalue weighted by Gasteiger charge is 2.17. The predicted molar refractivity (Wildman–Crippen MR) is 72.3 cm³/mol. The molecule has 0 aliphatic heterocycles. The third-order valence-corrected chi connectivity index (χ3v) is 2.65. The Morgan fingerprint density at radius 3 is 2.84 bits per heavy atom. The van der Waals surface area contributed by atoms with E-state index in [1.165, 1.54) is 6.07 Å². The van der Waals surface area contributed by atoms with Crippen LogP contribution in [-0.2, 0) is 4.74 Å². The summed E-state index contributed by atoms with van der Waals surface area (Å²) >= 11 is 5.61. The number of halogens is 2. The highest BCUT2D eigenvalue weighted by molar-refractivity contribution is 6.31. The van der Waals surface area contributed by atoms with Gasteiger partial charge in [0.15, 0.2) is 0 Å². The van der Waals surface area contributed by atoms with Gasteiger partial charge in [-0.1, -0.05) is 18.5 Å². The Balaban J connectivity index is 2.57. The number of rotatable bonds is 8. The smallest absolute Gasteiger partial charge is 0.295 e. The average Bonchev–Trinajstić information content (AvgIpc) is 2.37. The maximum absolute atomic E-state index is 13.2. The average molecular weight is 291 g/mol. The van der Waals surface area contributed by atoms with E-state index in [-0.39, 0.29) is 16.4 Å². The summed E-state index contributed by atoms with van der Waals surface area (Å²) in [5.74, 6) is -0.801. The van der Waals surface area contributed by atoms with E-state index in [1.54, 1.807) is 0 Å². The van der Waals surface area contributed by atoms with Crippen LogP contribution in [-0.4, -0.2) is 24.7 Å². The van der Waals surface area contributed by atoms with E-state index in [0.29, 0.717) is 26.2 Å². The minimum Gasteiger partial charge on any atom is -0.381 e. The summed E-state index contributed by atoms with van der Waals surface area (Å²) in [5, 5.41) is 13.5. The van der Waals surface area contributed by atoms with Crippen molar-refractivity contribution in [3.05, 3.63) is 33.1 Å². The van der Waals surface area contributed by atoms with E-state index < -0.39 is 10.7 Å². The maximum Gasteiger partial charge on any atom is 0.295 e. The van der Waals surface area contributed by atoms with Gasteiger partial charge in [0, 0.05) is 19.8 Å². The zero-order valence-electron chi connectivity index (χ0n) is 10.6. The van der Waals surface area contributed by atoms with Gasteiger partial charge in [0.25, 0.3) is 5.69 Å². The molecule has 7 heteroatoms. The van der Waals surface area contributed by atoms with E-state index >= 15 is 0 Å². The summed E-state index contributed by atoms with van der Waals surface area (Å²) in [6.07, 6.45) is 1.65. The van der Waals surface area contributed by atoms with Crippen molar-refractivity contribution in [2.24, 2.45) is 0 Å². The highest BCUT2D eigenvalue weighted by atomic mass is 35.5. The summed E-state index contributed by atoms with van der Waals surface area (Å²) in [6, 6.07) is 2.04. The van der Waals surface area contributed by atoms with Crippen molar-refractivity contribution in [1.29, 1.82) is 0 Å². The molecule has 0 aromatic heterocycles. The lowest BCUT2D eigenvalue weighted by atomic mass is 10.2. The molecule has 1 N–H and O–H groups in total. The molecule has 5 nitrogen and oxygen atoms in total. The molecule has 1 aromatic carbocycles. The van der Waals surface area contributed by atoms with Crippen LogP contribution in [0.3, 0.4) is 0 Å². The van der Waals surface area contributed by atoms with Crippen LogP contribution in [0, 0.1) is 15.9 Å². The molecule has 0 fully saturated rings. The zero-order valence-corrected chi connectivity index (χ0v) is 11.4. The lowest BCUT2D eigenvalue weighted by Crippen LogP contribution is -2.08. The Morgan fingerprint density at radius 2 is 2.21 bits per heavy atom. The van der Waals surface area contributed by atoms with Gasteiger partial charge in [0.2, 0.25) is 0 Å². The first-order chi connectivity index (χ1) is 9.06. The lowest BCUT2D eigenvalue weighted by molar-refractivity contribution is -0.384. The zero-order chi connectivity index (χ0) is 14.3. The Kier molecular flexibility index (Phi) is 6.52. The van der Waals surface area contributed by atoms with Crippen LogP contribution in [0.4, 0.5) is 15.8 Å². The number of benzene rings is 1. The lowest BCUT2D eigenvalue weighted by Gasteiger charge is -2.08. The monoisotopic (exact) mass is 290 g/mol. The predicted octanol–water partition coefficient (Wildman–Crippen LogP) is 3.62. The molecule has 0 saturated heterocycles. The molecule has 0 amide bonds. The molecular formula is C12H16ClFN2O3. The van der Waals surface area contributed by atoms with E-state index in [0.717, 1.165) is 12.5 Å². The molecule has 106 valence electrons. The van der Waals surface area contributed by atoms with Gasteiger partial charge in [-0.25, -0.2) is 4.39 Å². The van der Waals surface area contributed by atoms with E-state index in [9.17, 15) is 14.5 Å². The van der Waals surface area contributed by atoms with Crippen LogP contribution < -0.4 is 5.32 Å². The Labute approximate surface area is 115 Å². The number of nitro groups is 1. The Hall–Kier alpha value is -1.40. The van der Waals surface area contributed by atoms with Crippen LogP contribution in [0.15, 0.2) is 12.1 Å². The maximum atomic E-state index is 13.2. The molecule has 0 aliphatic carbocycles. The van der Waals surface area contributed by atoms with Gasteiger partial charge < -0.3 is 10.1 Å². The SMILES string of the molecule is CCCOCCCNc1cc(Cl)c(F)cc1[N+](=O)[O-]. The van der Waals surface area contributed by atoms with E-state index in [1.807, 2.05) is 6.92 Å². The van der Waals surface area contributed by atoms with Crippen molar-refractivity contribution in [2.75, 3.05) is 25.1 Å². The largest absolute Gasteiger partial charge is 0.381 e. The number of nitro benzene ring substituents is 1. The molecule has 1 aromatic rings. The first-order valence-corrected chi connectivity index (χ1v) is 6.39. The molecule has 0 radical (unpaired) electrons. The summed E-state index contributed by atoms with van der Waals surface area (Å²) in [4.78, 5) is 10.1. The summed E-state index contributed by atoms with van der Waals surface area (Å²) in [7, 11) is 0. The number of anilines is 1. The first kappa shape index (κ1) is 15.7. The van der Waals surface area contributed by atoms with Gasteiger partial charge in [-0.05, 0) is 18.9 Å². The standard InChI is InChI=1S/C12H16ClFN2O3/c1-2-5-19-6-3-4-15-11-7-9(13)10(14)8-12(11)16(17)18/h7-8,15H,2-6H2,1H3. The molecule has 1 rings (SSSR count). The fourth-order valence-corrected chi connectivity index (χ4v) is 1.64. The summed E-state index contributed by atoms with van der Waals surface area (Å²) < 4.78 is 18.4. The van der Waals surface area contributed by atoms with Crippen molar-refractivity contribution < 1.29 is 14.1 Å². The molecule has 0 unspecified atom stereocenters. The van der Waals surface area contributed by atoms with Gasteiger partial charge in [-0.2, -0.15) is 0 Å².